The van der Waals surface area contributed by atoms with Gasteiger partial charge in [-0.05, 0) is 58.3 Å². The highest BCUT2D eigenvalue weighted by atomic mass is 35.5. The number of rotatable bonds is 6. The number of hydrogen-bond donors (Lipinski definition) is 1. The summed E-state index contributed by atoms with van der Waals surface area (Å²) in [6, 6.07) is 25.8. The van der Waals surface area contributed by atoms with E-state index in [2.05, 4.69) is 11.2 Å². The van der Waals surface area contributed by atoms with Crippen LogP contribution in [0.15, 0.2) is 90.0 Å². The third-order valence-corrected chi connectivity index (χ3v) is 6.54. The van der Waals surface area contributed by atoms with Gasteiger partial charge in [-0.15, -0.1) is 0 Å². The molecular formula is C29H24ClN3O4. The fourth-order valence-electron chi connectivity index (χ4n) is 4.36. The summed E-state index contributed by atoms with van der Waals surface area (Å²) < 4.78 is 10.6. The second-order valence-corrected chi connectivity index (χ2v) is 9.08. The van der Waals surface area contributed by atoms with Crippen molar-refractivity contribution in [2.24, 2.45) is 5.10 Å². The van der Waals surface area contributed by atoms with Crippen molar-refractivity contribution in [3.8, 4) is 5.75 Å². The molecule has 0 saturated heterocycles. The van der Waals surface area contributed by atoms with E-state index in [1.807, 2.05) is 60.7 Å². The van der Waals surface area contributed by atoms with Gasteiger partial charge >= 0.3 is 5.97 Å². The molecule has 8 heteroatoms. The number of amides is 1. The van der Waals surface area contributed by atoms with Gasteiger partial charge in [-0.25, -0.2) is 9.80 Å². The number of ether oxygens (including phenoxy) is 2. The minimum Gasteiger partial charge on any atom is -0.497 e. The summed E-state index contributed by atoms with van der Waals surface area (Å²) in [6.07, 6.45) is 0.508. The van der Waals surface area contributed by atoms with E-state index < -0.39 is 18.5 Å². The number of hydrogen-bond acceptors (Lipinski definition) is 6. The molecule has 0 radical (unpaired) electrons. The summed E-state index contributed by atoms with van der Waals surface area (Å²) in [5.41, 5.74) is 8.80. The van der Waals surface area contributed by atoms with Gasteiger partial charge in [0.25, 0.3) is 5.91 Å². The summed E-state index contributed by atoms with van der Waals surface area (Å²) in [6.45, 7) is -0.484. The number of methoxy groups -OCH3 is 1. The minimum atomic E-state index is -0.707. The SMILES string of the molecule is COc1ccc([C@@H]2CC(c3ccc4ccccc4c3)=NN2C(=O)COC(=O)c2ccc(Cl)cc2N)cc1. The molecule has 1 amide bonds. The molecule has 5 rings (SSSR count). The summed E-state index contributed by atoms with van der Waals surface area (Å²) in [5, 5.41) is 8.69. The number of nitrogens with zero attached hydrogens (tertiary/aromatic N) is 2. The third-order valence-electron chi connectivity index (χ3n) is 6.31. The quantitative estimate of drug-likeness (QED) is 0.267. The maximum absolute atomic E-state index is 13.3. The normalized spacial score (nSPS) is 14.9. The van der Waals surface area contributed by atoms with Gasteiger partial charge in [-0.1, -0.05) is 60.1 Å². The van der Waals surface area contributed by atoms with Gasteiger partial charge in [0.05, 0.1) is 24.4 Å². The van der Waals surface area contributed by atoms with Gasteiger partial charge in [0.15, 0.2) is 6.61 Å². The Hall–Kier alpha value is -4.36. The number of nitrogens with two attached hydrogens (primary N) is 1. The van der Waals surface area contributed by atoms with Crippen molar-refractivity contribution >= 4 is 45.6 Å². The van der Waals surface area contributed by atoms with Gasteiger partial charge in [0, 0.05) is 17.1 Å². The molecule has 0 spiro atoms. The molecule has 7 nitrogen and oxygen atoms in total. The van der Waals surface area contributed by atoms with Crippen LogP contribution in [0.3, 0.4) is 0 Å². The smallest absolute Gasteiger partial charge is 0.340 e. The van der Waals surface area contributed by atoms with Crippen molar-refractivity contribution in [1.29, 1.82) is 0 Å². The predicted molar refractivity (Wildman–Crippen MR) is 144 cm³/mol. The zero-order valence-corrected chi connectivity index (χ0v) is 20.8. The zero-order chi connectivity index (χ0) is 25.9. The van der Waals surface area contributed by atoms with Crippen LogP contribution in [0, 0.1) is 0 Å². The minimum absolute atomic E-state index is 0.144. The van der Waals surface area contributed by atoms with Crippen molar-refractivity contribution < 1.29 is 19.1 Å². The molecule has 37 heavy (non-hydrogen) atoms. The van der Waals surface area contributed by atoms with E-state index in [1.54, 1.807) is 7.11 Å². The number of anilines is 1. The number of nitrogen functional groups attached to an aromatic ring is 1. The standard InChI is InChI=1S/C29H24ClN3O4/c1-36-23-11-8-19(9-12-23)27-16-26(21-7-6-18-4-2-3-5-20(18)14-21)32-33(27)28(34)17-37-29(35)24-13-10-22(30)15-25(24)31/h2-15,27H,16-17,31H2,1H3/t27-/m0/s1. The molecule has 0 fully saturated rings. The van der Waals surface area contributed by atoms with Crippen molar-refractivity contribution in [1.82, 2.24) is 5.01 Å². The average Bonchev–Trinajstić information content (AvgIpc) is 3.37. The highest BCUT2D eigenvalue weighted by molar-refractivity contribution is 6.31. The lowest BCUT2D eigenvalue weighted by Gasteiger charge is -2.22. The van der Waals surface area contributed by atoms with Crippen molar-refractivity contribution in [3.05, 3.63) is 107 Å². The molecule has 4 aromatic carbocycles. The second kappa shape index (κ2) is 10.3. The molecule has 0 saturated carbocycles. The van der Waals surface area contributed by atoms with Crippen LogP contribution < -0.4 is 10.5 Å². The van der Waals surface area contributed by atoms with Crippen molar-refractivity contribution in [3.63, 3.8) is 0 Å². The fourth-order valence-corrected chi connectivity index (χ4v) is 4.54. The Bertz CT molecular complexity index is 1520. The first-order valence-corrected chi connectivity index (χ1v) is 12.1. The molecule has 2 N–H and O–H groups in total. The molecule has 1 aliphatic heterocycles. The van der Waals surface area contributed by atoms with Crippen LogP contribution in [0.5, 0.6) is 5.75 Å². The second-order valence-electron chi connectivity index (χ2n) is 8.65. The Morgan fingerprint density at radius 1 is 1.00 bits per heavy atom. The Balaban J connectivity index is 1.41. The maximum atomic E-state index is 13.3. The number of hydrazone groups is 1. The van der Waals surface area contributed by atoms with Crippen LogP contribution >= 0.6 is 11.6 Å². The van der Waals surface area contributed by atoms with Crippen LogP contribution in [-0.4, -0.2) is 36.3 Å². The summed E-state index contributed by atoms with van der Waals surface area (Å²) >= 11 is 5.91. The summed E-state index contributed by atoms with van der Waals surface area (Å²) in [7, 11) is 1.60. The monoisotopic (exact) mass is 513 g/mol. The van der Waals surface area contributed by atoms with Crippen LogP contribution in [0.1, 0.15) is 33.9 Å². The van der Waals surface area contributed by atoms with Gasteiger partial charge in [0.2, 0.25) is 0 Å². The van der Waals surface area contributed by atoms with E-state index in [9.17, 15) is 9.59 Å². The topological polar surface area (TPSA) is 94.2 Å². The van der Waals surface area contributed by atoms with Crippen LogP contribution in [-0.2, 0) is 9.53 Å². The van der Waals surface area contributed by atoms with Crippen LogP contribution in [0.25, 0.3) is 10.8 Å². The molecule has 0 bridgehead atoms. The van der Waals surface area contributed by atoms with Crippen molar-refractivity contribution in [2.75, 3.05) is 19.5 Å². The first-order valence-electron chi connectivity index (χ1n) is 11.7. The lowest BCUT2D eigenvalue weighted by atomic mass is 9.97. The molecule has 186 valence electrons. The average molecular weight is 514 g/mol. The van der Waals surface area contributed by atoms with E-state index in [0.29, 0.717) is 17.2 Å². The molecule has 0 unspecified atom stereocenters. The number of benzene rings is 4. The number of esters is 1. The molecular weight excluding hydrogens is 490 g/mol. The van der Waals surface area contributed by atoms with Crippen LogP contribution in [0.2, 0.25) is 5.02 Å². The van der Waals surface area contributed by atoms with Gasteiger partial charge in [-0.3, -0.25) is 4.79 Å². The lowest BCUT2D eigenvalue weighted by molar-refractivity contribution is -0.136. The number of carbonyl (C=O) groups is 2. The molecule has 0 aliphatic carbocycles. The highest BCUT2D eigenvalue weighted by Gasteiger charge is 2.33. The third kappa shape index (κ3) is 5.13. The van der Waals surface area contributed by atoms with E-state index in [4.69, 9.17) is 26.8 Å². The van der Waals surface area contributed by atoms with E-state index in [0.717, 1.165) is 27.6 Å². The van der Waals surface area contributed by atoms with Gasteiger partial charge < -0.3 is 15.2 Å². The van der Waals surface area contributed by atoms with E-state index >= 15 is 0 Å². The molecule has 1 aliphatic rings. The first kappa shape index (κ1) is 24.3. The van der Waals surface area contributed by atoms with Gasteiger partial charge in [-0.2, -0.15) is 5.10 Å². The Labute approximate surface area is 219 Å². The Morgan fingerprint density at radius 2 is 1.76 bits per heavy atom. The lowest BCUT2D eigenvalue weighted by Crippen LogP contribution is -2.31. The molecule has 0 aromatic heterocycles. The number of fused-ring (bicyclic) bond motifs is 1. The summed E-state index contributed by atoms with van der Waals surface area (Å²) in [5.74, 6) is -0.441. The van der Waals surface area contributed by atoms with Crippen LogP contribution in [0.4, 0.5) is 5.69 Å². The first-order chi connectivity index (χ1) is 17.9. The molecule has 1 heterocycles. The Morgan fingerprint density at radius 3 is 2.49 bits per heavy atom. The van der Waals surface area contributed by atoms with E-state index in [1.165, 1.54) is 23.2 Å². The number of halogens is 1. The zero-order valence-electron chi connectivity index (χ0n) is 20.1. The van der Waals surface area contributed by atoms with E-state index in [-0.39, 0.29) is 17.3 Å². The highest BCUT2D eigenvalue weighted by Crippen LogP contribution is 2.34. The molecule has 1 atom stereocenters. The largest absolute Gasteiger partial charge is 0.497 e. The molecule has 4 aromatic rings. The van der Waals surface area contributed by atoms with Gasteiger partial charge in [0.1, 0.15) is 5.75 Å². The predicted octanol–water partition coefficient (Wildman–Crippen LogP) is 5.62. The summed E-state index contributed by atoms with van der Waals surface area (Å²) in [4.78, 5) is 25.8. The Kier molecular flexibility index (Phi) is 6.79. The fraction of sp³-hybridized carbons (Fsp3) is 0.138. The number of carbonyl (C=O) groups excluding carboxylic acids is 2. The van der Waals surface area contributed by atoms with Crippen molar-refractivity contribution in [2.45, 2.75) is 12.5 Å². The maximum Gasteiger partial charge on any atom is 0.340 e.